The van der Waals surface area contributed by atoms with Crippen molar-refractivity contribution >= 4 is 10.9 Å². The van der Waals surface area contributed by atoms with Crippen molar-refractivity contribution in [1.82, 2.24) is 9.47 Å². The number of allylic oxidation sites excluding steroid dienone is 1. The molecule has 1 aromatic heterocycles. The van der Waals surface area contributed by atoms with Crippen LogP contribution in [-0.4, -0.2) is 36.3 Å². The Balaban J connectivity index is 1.48. The van der Waals surface area contributed by atoms with Crippen molar-refractivity contribution in [3.8, 4) is 0 Å². The van der Waals surface area contributed by atoms with Crippen LogP contribution in [0.1, 0.15) is 66.0 Å². The van der Waals surface area contributed by atoms with Crippen LogP contribution in [0.3, 0.4) is 0 Å². The molecule has 1 fully saturated rings. The molecule has 4 rings (SSSR count). The van der Waals surface area contributed by atoms with Crippen molar-refractivity contribution in [2.75, 3.05) is 26.8 Å². The molecule has 1 unspecified atom stereocenters. The first-order valence-corrected chi connectivity index (χ1v) is 13.0. The van der Waals surface area contributed by atoms with Crippen LogP contribution in [0.5, 0.6) is 0 Å². The maximum Gasteiger partial charge on any atom is 0.0515 e. The van der Waals surface area contributed by atoms with Crippen molar-refractivity contribution in [2.45, 2.75) is 71.8 Å². The number of hydrogen-bond acceptors (Lipinski definition) is 2. The molecule has 0 aliphatic carbocycles. The van der Waals surface area contributed by atoms with Gasteiger partial charge in [-0.1, -0.05) is 54.6 Å². The van der Waals surface area contributed by atoms with Gasteiger partial charge in [0.1, 0.15) is 0 Å². The Hall–Kier alpha value is -2.52. The number of benzene rings is 2. The molecule has 2 aromatic carbocycles. The molecule has 182 valence electrons. The maximum atomic E-state index is 5.39. The third-order valence-electron chi connectivity index (χ3n) is 7.62. The number of hydrogen-bond donors (Lipinski definition) is 0. The molecule has 1 atom stereocenters. The third-order valence-corrected chi connectivity index (χ3v) is 7.62. The fraction of sp³-hybridized carbons (Fsp3) is 0.484. The lowest BCUT2D eigenvalue weighted by molar-refractivity contribution is 0.189. The minimum absolute atomic E-state index is 0.553. The molecule has 34 heavy (non-hydrogen) atoms. The molecular weight excluding hydrogens is 416 g/mol. The number of likely N-dealkylation sites (tertiary alicyclic amines) is 1. The Morgan fingerprint density at radius 1 is 1.06 bits per heavy atom. The maximum absolute atomic E-state index is 5.39. The number of ether oxygens (including phenoxy) is 1. The Morgan fingerprint density at radius 2 is 1.85 bits per heavy atom. The summed E-state index contributed by atoms with van der Waals surface area (Å²) in [7, 11) is 1.80. The van der Waals surface area contributed by atoms with Gasteiger partial charge in [-0.2, -0.15) is 0 Å². The number of piperidine rings is 1. The minimum atomic E-state index is 0.553. The molecule has 1 aliphatic heterocycles. The first kappa shape index (κ1) is 24.6. The summed E-state index contributed by atoms with van der Waals surface area (Å²) < 4.78 is 8.01. The summed E-state index contributed by atoms with van der Waals surface area (Å²) in [6.45, 7) is 15.3. The van der Waals surface area contributed by atoms with Crippen molar-refractivity contribution in [3.63, 3.8) is 0 Å². The monoisotopic (exact) mass is 458 g/mol. The Kier molecular flexibility index (Phi) is 8.15. The van der Waals surface area contributed by atoms with Gasteiger partial charge in [0.15, 0.2) is 0 Å². The summed E-state index contributed by atoms with van der Waals surface area (Å²) in [4.78, 5) is 2.58. The van der Waals surface area contributed by atoms with Crippen molar-refractivity contribution in [3.05, 3.63) is 82.7 Å². The molecule has 0 N–H and O–H groups in total. The van der Waals surface area contributed by atoms with Gasteiger partial charge in [0, 0.05) is 56.0 Å². The Labute approximate surface area is 206 Å². The zero-order valence-corrected chi connectivity index (χ0v) is 21.7. The number of aryl methyl sites for hydroxylation is 5. The average Bonchev–Trinajstić information content (AvgIpc) is 3.13. The highest BCUT2D eigenvalue weighted by Crippen LogP contribution is 2.37. The van der Waals surface area contributed by atoms with E-state index in [4.69, 9.17) is 4.74 Å². The number of methoxy groups -OCH3 is 1. The van der Waals surface area contributed by atoms with Crippen LogP contribution in [0.15, 0.2) is 54.7 Å². The van der Waals surface area contributed by atoms with E-state index in [1.165, 1.54) is 63.8 Å². The van der Waals surface area contributed by atoms with E-state index in [0.29, 0.717) is 5.92 Å². The average molecular weight is 459 g/mol. The van der Waals surface area contributed by atoms with E-state index in [1.807, 2.05) is 0 Å². The van der Waals surface area contributed by atoms with Gasteiger partial charge in [0.2, 0.25) is 0 Å². The van der Waals surface area contributed by atoms with E-state index in [0.717, 1.165) is 45.5 Å². The number of fused-ring (bicyclic) bond motifs is 1. The SMILES string of the molecule is C=C(CCCc1ccc(C)cc1)N1CCCC(c2c(C)c3cccc(C)c3n2CCCOC)C1. The Bertz CT molecular complexity index is 1110. The van der Waals surface area contributed by atoms with Gasteiger partial charge < -0.3 is 14.2 Å². The fourth-order valence-corrected chi connectivity index (χ4v) is 5.80. The van der Waals surface area contributed by atoms with Gasteiger partial charge in [-0.3, -0.25) is 0 Å². The van der Waals surface area contributed by atoms with Crippen molar-refractivity contribution < 1.29 is 4.74 Å². The topological polar surface area (TPSA) is 17.4 Å². The summed E-state index contributed by atoms with van der Waals surface area (Å²) >= 11 is 0. The summed E-state index contributed by atoms with van der Waals surface area (Å²) in [5.74, 6) is 0.553. The van der Waals surface area contributed by atoms with E-state index in [9.17, 15) is 0 Å². The molecule has 1 aliphatic rings. The highest BCUT2D eigenvalue weighted by molar-refractivity contribution is 5.88. The lowest BCUT2D eigenvalue weighted by Crippen LogP contribution is -2.34. The summed E-state index contributed by atoms with van der Waals surface area (Å²) in [6, 6.07) is 15.7. The number of nitrogens with zero attached hydrogens (tertiary/aromatic N) is 2. The molecule has 1 saturated heterocycles. The van der Waals surface area contributed by atoms with Crippen molar-refractivity contribution in [1.29, 1.82) is 0 Å². The van der Waals surface area contributed by atoms with Gasteiger partial charge in [-0.05, 0) is 76.0 Å². The lowest BCUT2D eigenvalue weighted by Gasteiger charge is -2.36. The molecule has 2 heterocycles. The second-order valence-corrected chi connectivity index (χ2v) is 10.2. The molecule has 0 amide bonds. The molecule has 3 nitrogen and oxygen atoms in total. The Morgan fingerprint density at radius 3 is 2.62 bits per heavy atom. The molecule has 0 spiro atoms. The molecule has 3 heteroatoms. The molecule has 0 bridgehead atoms. The van der Waals surface area contributed by atoms with E-state index >= 15 is 0 Å². The van der Waals surface area contributed by atoms with E-state index in [1.54, 1.807) is 7.11 Å². The zero-order chi connectivity index (χ0) is 24.1. The smallest absolute Gasteiger partial charge is 0.0515 e. The normalized spacial score (nSPS) is 16.4. The van der Waals surface area contributed by atoms with Crippen LogP contribution < -0.4 is 0 Å². The number of rotatable bonds is 10. The second-order valence-electron chi connectivity index (χ2n) is 10.2. The number of para-hydroxylation sites is 1. The lowest BCUT2D eigenvalue weighted by atomic mass is 9.91. The second kappa shape index (κ2) is 11.3. The van der Waals surface area contributed by atoms with Crippen LogP contribution in [0, 0.1) is 20.8 Å². The summed E-state index contributed by atoms with van der Waals surface area (Å²) in [6.07, 6.45) is 6.91. The van der Waals surface area contributed by atoms with Crippen LogP contribution in [0.2, 0.25) is 0 Å². The number of aromatic nitrogens is 1. The summed E-state index contributed by atoms with van der Waals surface area (Å²) in [5, 5.41) is 1.42. The summed E-state index contributed by atoms with van der Waals surface area (Å²) in [5.41, 5.74) is 9.87. The first-order valence-electron chi connectivity index (χ1n) is 13.0. The van der Waals surface area contributed by atoms with E-state index in [-0.39, 0.29) is 0 Å². The largest absolute Gasteiger partial charge is 0.385 e. The third kappa shape index (κ3) is 5.41. The van der Waals surface area contributed by atoms with Crippen LogP contribution in [0.25, 0.3) is 10.9 Å². The van der Waals surface area contributed by atoms with Crippen molar-refractivity contribution in [2.24, 2.45) is 0 Å². The van der Waals surface area contributed by atoms with E-state index in [2.05, 4.69) is 79.3 Å². The predicted molar refractivity (Wildman–Crippen MR) is 145 cm³/mol. The molecule has 0 saturated carbocycles. The van der Waals surface area contributed by atoms with Gasteiger partial charge in [0.25, 0.3) is 0 Å². The predicted octanol–water partition coefficient (Wildman–Crippen LogP) is 7.32. The molecular formula is C31H42N2O. The highest BCUT2D eigenvalue weighted by atomic mass is 16.5. The van der Waals surface area contributed by atoms with Gasteiger partial charge in [-0.15, -0.1) is 0 Å². The first-order chi connectivity index (χ1) is 16.5. The van der Waals surface area contributed by atoms with E-state index < -0.39 is 0 Å². The van der Waals surface area contributed by atoms with Crippen LogP contribution >= 0.6 is 0 Å². The van der Waals surface area contributed by atoms with Gasteiger partial charge in [-0.25, -0.2) is 0 Å². The van der Waals surface area contributed by atoms with Gasteiger partial charge >= 0.3 is 0 Å². The standard InChI is InChI=1S/C31H42N2O/c1-23-15-17-27(18-16-23)12-7-11-25(3)32-19-8-13-28(22-32)31-26(4)29-14-6-10-24(2)30(29)33(31)20-9-21-34-5/h6,10,14-18,28H,3,7-9,11-13,19-22H2,1-2,4-5H3. The zero-order valence-electron chi connectivity index (χ0n) is 21.7. The molecule has 0 radical (unpaired) electrons. The fourth-order valence-electron chi connectivity index (χ4n) is 5.80. The minimum Gasteiger partial charge on any atom is -0.385 e. The van der Waals surface area contributed by atoms with Gasteiger partial charge in [0.05, 0.1) is 5.52 Å². The van der Waals surface area contributed by atoms with Crippen LogP contribution in [0.4, 0.5) is 0 Å². The highest BCUT2D eigenvalue weighted by Gasteiger charge is 2.28. The quantitative estimate of drug-likeness (QED) is 0.296. The molecule has 3 aromatic rings. The van der Waals surface area contributed by atoms with Crippen LogP contribution in [-0.2, 0) is 17.7 Å².